The average molecular weight is 399 g/mol. The molecule has 0 aliphatic heterocycles. The maximum atomic E-state index is 12.4. The lowest BCUT2D eigenvalue weighted by molar-refractivity contribution is 0.102. The topological polar surface area (TPSA) is 76.1 Å². The van der Waals surface area contributed by atoms with Gasteiger partial charge in [0.05, 0.1) is 7.11 Å². The van der Waals surface area contributed by atoms with E-state index >= 15 is 0 Å². The summed E-state index contributed by atoms with van der Waals surface area (Å²) < 4.78 is 6.06. The maximum absolute atomic E-state index is 12.4. The molecule has 126 valence electrons. The summed E-state index contributed by atoms with van der Waals surface area (Å²) >= 11 is 3.37. The van der Waals surface area contributed by atoms with Crippen LogP contribution in [0.5, 0.6) is 5.75 Å². The van der Waals surface area contributed by atoms with E-state index in [1.54, 1.807) is 19.2 Å². The van der Waals surface area contributed by atoms with Gasteiger partial charge in [0.2, 0.25) is 5.95 Å². The van der Waals surface area contributed by atoms with Crippen LogP contribution in [0.25, 0.3) is 0 Å². The molecule has 0 saturated heterocycles. The van der Waals surface area contributed by atoms with Crippen LogP contribution >= 0.6 is 15.9 Å². The van der Waals surface area contributed by atoms with Crippen molar-refractivity contribution in [3.8, 4) is 5.75 Å². The zero-order chi connectivity index (χ0) is 17.6. The number of rotatable bonds is 5. The van der Waals surface area contributed by atoms with Gasteiger partial charge in [0.15, 0.2) is 0 Å². The molecule has 0 radical (unpaired) electrons. The van der Waals surface area contributed by atoms with Crippen LogP contribution in [0.2, 0.25) is 0 Å². The highest BCUT2D eigenvalue weighted by atomic mass is 79.9. The standard InChI is InChI=1S/C18H15BrN4O2/c1-25-15-7-3-6-14(11-15)22-18-20-9-8-16(23-18)17(24)21-13-5-2-4-12(19)10-13/h2-11H,1H3,(H,21,24)(H,20,22,23). The Kier molecular flexibility index (Phi) is 5.25. The number of amides is 1. The fraction of sp³-hybridized carbons (Fsp3) is 0.0556. The molecule has 7 heteroatoms. The highest BCUT2D eigenvalue weighted by Crippen LogP contribution is 2.20. The van der Waals surface area contributed by atoms with Crippen molar-refractivity contribution in [2.45, 2.75) is 0 Å². The predicted octanol–water partition coefficient (Wildman–Crippen LogP) is 4.24. The molecule has 0 saturated carbocycles. The van der Waals surface area contributed by atoms with E-state index in [0.717, 1.165) is 10.2 Å². The van der Waals surface area contributed by atoms with Gasteiger partial charge in [0.25, 0.3) is 5.91 Å². The Labute approximate surface area is 153 Å². The molecule has 1 heterocycles. The minimum atomic E-state index is -0.311. The first kappa shape index (κ1) is 16.9. The number of nitrogens with zero attached hydrogens (tertiary/aromatic N) is 2. The lowest BCUT2D eigenvalue weighted by atomic mass is 10.3. The van der Waals surface area contributed by atoms with Gasteiger partial charge in [-0.1, -0.05) is 28.1 Å². The summed E-state index contributed by atoms with van der Waals surface area (Å²) in [6, 6.07) is 16.3. The van der Waals surface area contributed by atoms with Gasteiger partial charge >= 0.3 is 0 Å². The number of methoxy groups -OCH3 is 1. The summed E-state index contributed by atoms with van der Waals surface area (Å²) in [7, 11) is 1.60. The minimum Gasteiger partial charge on any atom is -0.497 e. The number of halogens is 1. The molecule has 6 nitrogen and oxygen atoms in total. The molecule has 0 fully saturated rings. The molecule has 0 spiro atoms. The van der Waals surface area contributed by atoms with E-state index in [0.29, 0.717) is 17.4 Å². The summed E-state index contributed by atoms with van der Waals surface area (Å²) in [5.74, 6) is 0.734. The summed E-state index contributed by atoms with van der Waals surface area (Å²) in [4.78, 5) is 20.8. The molecule has 0 atom stereocenters. The van der Waals surface area contributed by atoms with Crippen molar-refractivity contribution in [3.63, 3.8) is 0 Å². The quantitative estimate of drug-likeness (QED) is 0.671. The van der Waals surface area contributed by atoms with Crippen molar-refractivity contribution >= 4 is 39.2 Å². The summed E-state index contributed by atoms with van der Waals surface area (Å²) in [6.45, 7) is 0. The molecule has 2 N–H and O–H groups in total. The number of hydrogen-bond donors (Lipinski definition) is 2. The first-order chi connectivity index (χ1) is 12.1. The number of aromatic nitrogens is 2. The zero-order valence-electron chi connectivity index (χ0n) is 13.4. The van der Waals surface area contributed by atoms with Crippen LogP contribution in [0.15, 0.2) is 65.3 Å². The lowest BCUT2D eigenvalue weighted by Gasteiger charge is -2.08. The van der Waals surface area contributed by atoms with Crippen molar-refractivity contribution in [2.75, 3.05) is 17.7 Å². The van der Waals surface area contributed by atoms with Crippen LogP contribution in [0.3, 0.4) is 0 Å². The molecule has 0 aliphatic rings. The second kappa shape index (κ2) is 7.76. The van der Waals surface area contributed by atoms with Gasteiger partial charge in [0, 0.05) is 28.1 Å². The zero-order valence-corrected chi connectivity index (χ0v) is 14.9. The van der Waals surface area contributed by atoms with E-state index in [4.69, 9.17) is 4.74 Å². The molecule has 0 bridgehead atoms. The average Bonchev–Trinajstić information content (AvgIpc) is 2.62. The van der Waals surface area contributed by atoms with Crippen molar-refractivity contribution in [1.82, 2.24) is 9.97 Å². The Morgan fingerprint density at radius 2 is 1.88 bits per heavy atom. The van der Waals surface area contributed by atoms with Crippen LogP contribution in [-0.4, -0.2) is 23.0 Å². The maximum Gasteiger partial charge on any atom is 0.274 e. The molecule has 1 amide bonds. The number of anilines is 3. The van der Waals surface area contributed by atoms with E-state index in [2.05, 4.69) is 36.5 Å². The first-order valence-electron chi connectivity index (χ1n) is 7.45. The molecule has 3 aromatic rings. The Morgan fingerprint density at radius 1 is 1.08 bits per heavy atom. The highest BCUT2D eigenvalue weighted by Gasteiger charge is 2.10. The van der Waals surface area contributed by atoms with E-state index in [9.17, 15) is 4.79 Å². The molecule has 0 aliphatic carbocycles. The lowest BCUT2D eigenvalue weighted by Crippen LogP contribution is -2.14. The van der Waals surface area contributed by atoms with Gasteiger partial charge in [-0.3, -0.25) is 4.79 Å². The van der Waals surface area contributed by atoms with Gasteiger partial charge in [-0.05, 0) is 36.4 Å². The third-order valence-corrected chi connectivity index (χ3v) is 3.79. The number of ether oxygens (including phenoxy) is 1. The number of carbonyl (C=O) groups is 1. The predicted molar refractivity (Wildman–Crippen MR) is 100 cm³/mol. The number of benzene rings is 2. The number of carbonyl (C=O) groups excluding carboxylic acids is 1. The van der Waals surface area contributed by atoms with E-state index < -0.39 is 0 Å². The van der Waals surface area contributed by atoms with Crippen molar-refractivity contribution in [2.24, 2.45) is 0 Å². The molecule has 1 aromatic heterocycles. The normalized spacial score (nSPS) is 10.2. The van der Waals surface area contributed by atoms with Gasteiger partial charge in [-0.25, -0.2) is 9.97 Å². The van der Waals surface area contributed by atoms with Crippen molar-refractivity contribution < 1.29 is 9.53 Å². The van der Waals surface area contributed by atoms with E-state index in [1.165, 1.54) is 6.20 Å². The SMILES string of the molecule is COc1cccc(Nc2nccc(C(=O)Nc3cccc(Br)c3)n2)c1. The molecule has 0 unspecified atom stereocenters. The fourth-order valence-electron chi connectivity index (χ4n) is 2.14. The molecule has 2 aromatic carbocycles. The third-order valence-electron chi connectivity index (χ3n) is 3.30. The van der Waals surface area contributed by atoms with E-state index in [1.807, 2.05) is 42.5 Å². The van der Waals surface area contributed by atoms with Crippen LogP contribution in [0.1, 0.15) is 10.5 Å². The van der Waals surface area contributed by atoms with Crippen molar-refractivity contribution in [1.29, 1.82) is 0 Å². The monoisotopic (exact) mass is 398 g/mol. The molecule has 25 heavy (non-hydrogen) atoms. The highest BCUT2D eigenvalue weighted by molar-refractivity contribution is 9.10. The van der Waals surface area contributed by atoms with Gasteiger partial charge in [-0.15, -0.1) is 0 Å². The fourth-order valence-corrected chi connectivity index (χ4v) is 2.54. The second-order valence-corrected chi connectivity index (χ2v) is 6.00. The van der Waals surface area contributed by atoms with Crippen LogP contribution < -0.4 is 15.4 Å². The number of hydrogen-bond acceptors (Lipinski definition) is 5. The summed E-state index contributed by atoms with van der Waals surface area (Å²) in [5.41, 5.74) is 1.71. The first-order valence-corrected chi connectivity index (χ1v) is 8.24. The van der Waals surface area contributed by atoms with Gasteiger partial charge in [0.1, 0.15) is 11.4 Å². The second-order valence-electron chi connectivity index (χ2n) is 5.09. The van der Waals surface area contributed by atoms with Crippen LogP contribution in [0, 0.1) is 0 Å². The van der Waals surface area contributed by atoms with Gasteiger partial charge < -0.3 is 15.4 Å². The minimum absolute atomic E-state index is 0.264. The van der Waals surface area contributed by atoms with Crippen LogP contribution in [0.4, 0.5) is 17.3 Å². The smallest absolute Gasteiger partial charge is 0.274 e. The van der Waals surface area contributed by atoms with Gasteiger partial charge in [-0.2, -0.15) is 0 Å². The summed E-state index contributed by atoms with van der Waals surface area (Å²) in [5, 5.41) is 5.86. The Balaban J connectivity index is 1.75. The van der Waals surface area contributed by atoms with Crippen LogP contribution in [-0.2, 0) is 0 Å². The largest absolute Gasteiger partial charge is 0.497 e. The Bertz CT molecular complexity index is 902. The third kappa shape index (κ3) is 4.54. The van der Waals surface area contributed by atoms with Crippen molar-refractivity contribution in [3.05, 3.63) is 71.0 Å². The Hall–Kier alpha value is -2.93. The molecule has 3 rings (SSSR count). The molecular formula is C18H15BrN4O2. The molecular weight excluding hydrogens is 384 g/mol. The van der Waals surface area contributed by atoms with E-state index in [-0.39, 0.29) is 11.6 Å². The number of nitrogens with one attached hydrogen (secondary N) is 2. The Morgan fingerprint density at radius 3 is 2.68 bits per heavy atom. The summed E-state index contributed by atoms with van der Waals surface area (Å²) in [6.07, 6.45) is 1.53.